The highest BCUT2D eigenvalue weighted by molar-refractivity contribution is 7.13. The number of aryl methyl sites for hydroxylation is 1. The number of thiazole rings is 1. The van der Waals surface area contributed by atoms with Gasteiger partial charge in [-0.1, -0.05) is 11.6 Å². The molecule has 2 heterocycles. The molecule has 0 unspecified atom stereocenters. The Labute approximate surface area is 103 Å². The van der Waals surface area contributed by atoms with Crippen molar-refractivity contribution in [2.75, 3.05) is 0 Å². The molecule has 0 N–H and O–H groups in total. The van der Waals surface area contributed by atoms with E-state index in [4.69, 9.17) is 11.6 Å². The fourth-order valence-corrected chi connectivity index (χ4v) is 2.76. The molecular formula is C11H10ClN3S. The molecule has 3 nitrogen and oxygen atoms in total. The molecule has 2 aromatic heterocycles. The molecule has 1 aliphatic carbocycles. The Balaban J connectivity index is 2.03. The van der Waals surface area contributed by atoms with Crippen LogP contribution in [0.25, 0.3) is 10.6 Å². The van der Waals surface area contributed by atoms with Gasteiger partial charge in [0.25, 0.3) is 0 Å². The first-order valence-corrected chi connectivity index (χ1v) is 6.45. The topological polar surface area (TPSA) is 38.7 Å². The number of aromatic nitrogens is 3. The molecule has 1 fully saturated rings. The van der Waals surface area contributed by atoms with Crippen LogP contribution < -0.4 is 0 Å². The van der Waals surface area contributed by atoms with Gasteiger partial charge in [-0.15, -0.1) is 16.4 Å². The molecule has 0 aromatic carbocycles. The zero-order chi connectivity index (χ0) is 11.1. The number of nitrogens with zero attached hydrogens (tertiary/aromatic N) is 3. The van der Waals surface area contributed by atoms with E-state index in [1.807, 2.05) is 13.0 Å². The van der Waals surface area contributed by atoms with Crippen molar-refractivity contribution in [2.45, 2.75) is 25.7 Å². The Kier molecular flexibility index (Phi) is 2.41. The van der Waals surface area contributed by atoms with Crippen LogP contribution >= 0.6 is 22.9 Å². The van der Waals surface area contributed by atoms with Crippen LogP contribution in [-0.2, 0) is 0 Å². The van der Waals surface area contributed by atoms with Crippen molar-refractivity contribution in [3.8, 4) is 10.6 Å². The SMILES string of the molecule is Cc1cc(-c2nc(C3CC3)cs2)c(Cl)nn1. The normalized spacial score (nSPS) is 15.4. The predicted octanol–water partition coefficient (Wildman–Crippen LogP) is 3.44. The summed E-state index contributed by atoms with van der Waals surface area (Å²) in [5, 5.41) is 11.3. The Morgan fingerprint density at radius 3 is 2.94 bits per heavy atom. The summed E-state index contributed by atoms with van der Waals surface area (Å²) in [6.45, 7) is 1.90. The Bertz CT molecular complexity index is 534. The molecule has 0 atom stereocenters. The van der Waals surface area contributed by atoms with Gasteiger partial charge in [-0.3, -0.25) is 0 Å². The van der Waals surface area contributed by atoms with Crippen LogP contribution in [0.1, 0.15) is 30.1 Å². The second-order valence-corrected chi connectivity index (χ2v) is 5.26. The zero-order valence-electron chi connectivity index (χ0n) is 8.77. The average Bonchev–Trinajstić information content (AvgIpc) is 3.01. The van der Waals surface area contributed by atoms with E-state index in [0.717, 1.165) is 16.3 Å². The van der Waals surface area contributed by atoms with E-state index in [0.29, 0.717) is 11.1 Å². The minimum absolute atomic E-state index is 0.433. The monoisotopic (exact) mass is 251 g/mol. The van der Waals surface area contributed by atoms with Gasteiger partial charge in [0.05, 0.1) is 17.0 Å². The van der Waals surface area contributed by atoms with Crippen molar-refractivity contribution in [1.82, 2.24) is 15.2 Å². The van der Waals surface area contributed by atoms with Crippen molar-refractivity contribution in [1.29, 1.82) is 0 Å². The van der Waals surface area contributed by atoms with Crippen LogP contribution in [0, 0.1) is 6.92 Å². The van der Waals surface area contributed by atoms with Crippen molar-refractivity contribution in [3.63, 3.8) is 0 Å². The standard InChI is InChI=1S/C11H10ClN3S/c1-6-4-8(10(12)15-14-6)11-13-9(5-16-11)7-2-3-7/h4-5,7H,2-3H2,1H3. The van der Waals surface area contributed by atoms with Crippen molar-refractivity contribution in [2.24, 2.45) is 0 Å². The second-order valence-electron chi connectivity index (χ2n) is 4.04. The van der Waals surface area contributed by atoms with Gasteiger partial charge in [0.15, 0.2) is 5.15 Å². The molecule has 5 heteroatoms. The molecular weight excluding hydrogens is 242 g/mol. The summed E-state index contributed by atoms with van der Waals surface area (Å²) in [4.78, 5) is 4.61. The highest BCUT2D eigenvalue weighted by Gasteiger charge is 2.26. The summed E-state index contributed by atoms with van der Waals surface area (Å²) >= 11 is 7.66. The molecule has 0 amide bonds. The quantitative estimate of drug-likeness (QED) is 0.821. The third kappa shape index (κ3) is 1.83. The molecule has 3 rings (SSSR count). The summed E-state index contributed by atoms with van der Waals surface area (Å²) in [6.07, 6.45) is 2.54. The molecule has 2 aromatic rings. The first kappa shape index (κ1) is 10.2. The predicted molar refractivity (Wildman–Crippen MR) is 64.9 cm³/mol. The lowest BCUT2D eigenvalue weighted by Crippen LogP contribution is -1.90. The largest absolute Gasteiger partial charge is 0.241 e. The third-order valence-electron chi connectivity index (χ3n) is 2.62. The smallest absolute Gasteiger partial charge is 0.161 e. The van der Waals surface area contributed by atoms with E-state index >= 15 is 0 Å². The first-order chi connectivity index (χ1) is 7.74. The van der Waals surface area contributed by atoms with Gasteiger partial charge in [-0.2, -0.15) is 5.10 Å². The molecule has 0 bridgehead atoms. The van der Waals surface area contributed by atoms with E-state index in [1.54, 1.807) is 11.3 Å². The van der Waals surface area contributed by atoms with Gasteiger partial charge in [0.2, 0.25) is 0 Å². The Morgan fingerprint density at radius 1 is 1.38 bits per heavy atom. The lowest BCUT2D eigenvalue weighted by atomic mass is 10.3. The van der Waals surface area contributed by atoms with Crippen molar-refractivity contribution < 1.29 is 0 Å². The molecule has 0 spiro atoms. The summed E-state index contributed by atoms with van der Waals surface area (Å²) < 4.78 is 0. The highest BCUT2D eigenvalue weighted by atomic mass is 35.5. The Hall–Kier alpha value is -1.00. The molecule has 0 saturated heterocycles. The molecule has 0 aliphatic heterocycles. The fraction of sp³-hybridized carbons (Fsp3) is 0.364. The minimum Gasteiger partial charge on any atom is -0.241 e. The van der Waals surface area contributed by atoms with Gasteiger partial charge < -0.3 is 0 Å². The zero-order valence-corrected chi connectivity index (χ0v) is 10.3. The van der Waals surface area contributed by atoms with Crippen LogP contribution in [-0.4, -0.2) is 15.2 Å². The third-order valence-corrected chi connectivity index (χ3v) is 3.79. The lowest BCUT2D eigenvalue weighted by molar-refractivity contribution is 0.980. The number of hydrogen-bond acceptors (Lipinski definition) is 4. The fourth-order valence-electron chi connectivity index (χ4n) is 1.60. The van der Waals surface area contributed by atoms with Crippen LogP contribution in [0.15, 0.2) is 11.4 Å². The van der Waals surface area contributed by atoms with E-state index in [2.05, 4.69) is 20.6 Å². The number of hydrogen-bond donors (Lipinski definition) is 0. The van der Waals surface area contributed by atoms with Gasteiger partial charge in [-0.05, 0) is 25.8 Å². The number of rotatable bonds is 2. The Morgan fingerprint density at radius 2 is 2.19 bits per heavy atom. The maximum atomic E-state index is 6.03. The van der Waals surface area contributed by atoms with Crippen LogP contribution in [0.2, 0.25) is 5.15 Å². The van der Waals surface area contributed by atoms with Crippen LogP contribution in [0.5, 0.6) is 0 Å². The molecule has 1 saturated carbocycles. The number of halogens is 1. The summed E-state index contributed by atoms with van der Waals surface area (Å²) in [5.41, 5.74) is 2.96. The van der Waals surface area contributed by atoms with E-state index in [-0.39, 0.29) is 0 Å². The van der Waals surface area contributed by atoms with E-state index in [9.17, 15) is 0 Å². The average molecular weight is 252 g/mol. The highest BCUT2D eigenvalue weighted by Crippen LogP contribution is 2.42. The molecule has 0 radical (unpaired) electrons. The van der Waals surface area contributed by atoms with Gasteiger partial charge in [0, 0.05) is 11.3 Å². The van der Waals surface area contributed by atoms with Gasteiger partial charge in [0.1, 0.15) is 5.01 Å². The van der Waals surface area contributed by atoms with Crippen molar-refractivity contribution >= 4 is 22.9 Å². The van der Waals surface area contributed by atoms with Crippen LogP contribution in [0.4, 0.5) is 0 Å². The summed E-state index contributed by atoms with van der Waals surface area (Å²) in [5.74, 6) is 0.680. The van der Waals surface area contributed by atoms with Crippen molar-refractivity contribution in [3.05, 3.63) is 28.0 Å². The van der Waals surface area contributed by atoms with Crippen LogP contribution in [0.3, 0.4) is 0 Å². The van der Waals surface area contributed by atoms with E-state index in [1.165, 1.54) is 18.5 Å². The maximum Gasteiger partial charge on any atom is 0.161 e. The summed E-state index contributed by atoms with van der Waals surface area (Å²) in [7, 11) is 0. The second kappa shape index (κ2) is 3.79. The molecule has 1 aliphatic rings. The van der Waals surface area contributed by atoms with Gasteiger partial charge in [-0.25, -0.2) is 4.98 Å². The lowest BCUT2D eigenvalue weighted by Gasteiger charge is -1.99. The minimum atomic E-state index is 0.433. The maximum absolute atomic E-state index is 6.03. The van der Waals surface area contributed by atoms with Gasteiger partial charge >= 0.3 is 0 Å². The summed E-state index contributed by atoms with van der Waals surface area (Å²) in [6, 6.07) is 1.94. The molecule has 82 valence electrons. The molecule has 16 heavy (non-hydrogen) atoms. The first-order valence-electron chi connectivity index (χ1n) is 5.19. The van der Waals surface area contributed by atoms with E-state index < -0.39 is 0 Å².